The van der Waals surface area contributed by atoms with Crippen LogP contribution in [0.2, 0.25) is 0 Å². The van der Waals surface area contributed by atoms with E-state index in [4.69, 9.17) is 10.7 Å². The number of aromatic amines is 1. The van der Waals surface area contributed by atoms with Crippen LogP contribution in [0.3, 0.4) is 0 Å². The second-order valence-electron chi connectivity index (χ2n) is 4.56. The molecule has 0 saturated carbocycles. The maximum absolute atomic E-state index is 5.82. The van der Waals surface area contributed by atoms with Crippen molar-refractivity contribution in [2.45, 2.75) is 38.8 Å². The van der Waals surface area contributed by atoms with Crippen molar-refractivity contribution in [3.8, 4) is 0 Å². The SMILES string of the molecule is CC(=N[C@@H]1CC[C@H](C)NC1)c1cc[nH]c1N. The number of piperidine rings is 1. The van der Waals surface area contributed by atoms with Crippen LogP contribution >= 0.6 is 0 Å². The Balaban J connectivity index is 2.04. The molecule has 0 radical (unpaired) electrons. The van der Waals surface area contributed by atoms with E-state index in [1.165, 1.54) is 6.42 Å². The van der Waals surface area contributed by atoms with Gasteiger partial charge in [0.05, 0.1) is 6.04 Å². The predicted molar refractivity (Wildman–Crippen MR) is 67.9 cm³/mol. The number of aliphatic imine (C=N–C) groups is 1. The van der Waals surface area contributed by atoms with Gasteiger partial charge in [0.2, 0.25) is 0 Å². The van der Waals surface area contributed by atoms with Gasteiger partial charge in [-0.3, -0.25) is 4.99 Å². The largest absolute Gasteiger partial charge is 0.385 e. The number of nitrogen functional groups attached to an aromatic ring is 1. The molecular weight excluding hydrogens is 200 g/mol. The molecular formula is C12H20N4. The summed E-state index contributed by atoms with van der Waals surface area (Å²) in [6, 6.07) is 3.00. The molecule has 0 spiro atoms. The van der Waals surface area contributed by atoms with Gasteiger partial charge in [-0.1, -0.05) is 0 Å². The average Bonchev–Trinajstić information content (AvgIpc) is 2.68. The first-order chi connectivity index (χ1) is 7.66. The number of nitrogens with two attached hydrogens (primary N) is 1. The van der Waals surface area contributed by atoms with Gasteiger partial charge in [0, 0.05) is 30.1 Å². The fourth-order valence-electron chi connectivity index (χ4n) is 2.14. The van der Waals surface area contributed by atoms with E-state index < -0.39 is 0 Å². The van der Waals surface area contributed by atoms with Crippen molar-refractivity contribution in [2.24, 2.45) is 4.99 Å². The number of aromatic nitrogens is 1. The molecule has 0 bridgehead atoms. The number of hydrogen-bond donors (Lipinski definition) is 3. The van der Waals surface area contributed by atoms with E-state index in [1.807, 2.05) is 19.2 Å². The average molecular weight is 220 g/mol. The number of H-pyrrole nitrogens is 1. The molecule has 1 fully saturated rings. The molecule has 0 unspecified atom stereocenters. The third-order valence-electron chi connectivity index (χ3n) is 3.18. The lowest BCUT2D eigenvalue weighted by Crippen LogP contribution is -2.39. The number of nitrogens with zero attached hydrogens (tertiary/aromatic N) is 1. The van der Waals surface area contributed by atoms with Crippen LogP contribution in [0.15, 0.2) is 17.3 Å². The van der Waals surface area contributed by atoms with Gasteiger partial charge in [0.15, 0.2) is 0 Å². The van der Waals surface area contributed by atoms with Crippen LogP contribution in [0, 0.1) is 0 Å². The molecule has 1 aliphatic heterocycles. The highest BCUT2D eigenvalue weighted by Crippen LogP contribution is 2.15. The van der Waals surface area contributed by atoms with E-state index >= 15 is 0 Å². The van der Waals surface area contributed by atoms with E-state index in [1.54, 1.807) is 0 Å². The van der Waals surface area contributed by atoms with Crippen molar-refractivity contribution in [3.63, 3.8) is 0 Å². The van der Waals surface area contributed by atoms with E-state index in [0.29, 0.717) is 17.9 Å². The van der Waals surface area contributed by atoms with Gasteiger partial charge in [-0.25, -0.2) is 0 Å². The summed E-state index contributed by atoms with van der Waals surface area (Å²) >= 11 is 0. The molecule has 16 heavy (non-hydrogen) atoms. The summed E-state index contributed by atoms with van der Waals surface area (Å²) in [7, 11) is 0. The third kappa shape index (κ3) is 2.44. The molecule has 88 valence electrons. The molecule has 1 aromatic heterocycles. The quantitative estimate of drug-likeness (QED) is 0.662. The Labute approximate surface area is 96.3 Å². The lowest BCUT2D eigenvalue weighted by atomic mass is 10.0. The lowest BCUT2D eigenvalue weighted by molar-refractivity contribution is 0.386. The Morgan fingerprint density at radius 2 is 2.31 bits per heavy atom. The van der Waals surface area contributed by atoms with Crippen molar-refractivity contribution in [2.75, 3.05) is 12.3 Å². The standard InChI is InChI=1S/C12H20N4/c1-8-3-4-10(7-15-8)16-9(2)11-5-6-14-12(11)13/h5-6,8,10,14-15H,3-4,7,13H2,1-2H3/t8-,10+/m0/s1. The second-order valence-corrected chi connectivity index (χ2v) is 4.56. The van der Waals surface area contributed by atoms with Gasteiger partial charge in [-0.15, -0.1) is 0 Å². The van der Waals surface area contributed by atoms with Gasteiger partial charge >= 0.3 is 0 Å². The Bertz CT molecular complexity index is 372. The fourth-order valence-corrected chi connectivity index (χ4v) is 2.14. The van der Waals surface area contributed by atoms with E-state index in [2.05, 4.69) is 17.2 Å². The molecule has 0 aliphatic carbocycles. The highest BCUT2D eigenvalue weighted by atomic mass is 15.0. The molecule has 4 N–H and O–H groups in total. The molecule has 0 aromatic carbocycles. The van der Waals surface area contributed by atoms with Crippen LogP contribution in [0.5, 0.6) is 0 Å². The third-order valence-corrected chi connectivity index (χ3v) is 3.18. The highest BCUT2D eigenvalue weighted by molar-refractivity contribution is 6.02. The Hall–Kier alpha value is -1.29. The van der Waals surface area contributed by atoms with E-state index in [0.717, 1.165) is 24.2 Å². The summed E-state index contributed by atoms with van der Waals surface area (Å²) in [5.74, 6) is 0.707. The minimum Gasteiger partial charge on any atom is -0.385 e. The topological polar surface area (TPSA) is 66.2 Å². The van der Waals surface area contributed by atoms with E-state index in [9.17, 15) is 0 Å². The molecule has 1 saturated heterocycles. The van der Waals surface area contributed by atoms with Crippen molar-refractivity contribution in [1.82, 2.24) is 10.3 Å². The molecule has 1 aliphatic rings. The minimum atomic E-state index is 0.394. The maximum atomic E-state index is 5.82. The van der Waals surface area contributed by atoms with Crippen LogP contribution in [-0.4, -0.2) is 29.3 Å². The van der Waals surface area contributed by atoms with Crippen LogP contribution in [-0.2, 0) is 0 Å². The Kier molecular flexibility index (Phi) is 3.29. The normalized spacial score (nSPS) is 27.0. The first kappa shape index (κ1) is 11.2. The summed E-state index contributed by atoms with van der Waals surface area (Å²) in [6.07, 6.45) is 4.21. The molecule has 2 atom stereocenters. The molecule has 4 heteroatoms. The molecule has 4 nitrogen and oxygen atoms in total. The van der Waals surface area contributed by atoms with Gasteiger partial charge < -0.3 is 16.0 Å². The predicted octanol–water partition coefficient (Wildman–Crippen LogP) is 1.55. The summed E-state index contributed by atoms with van der Waals surface area (Å²) in [5.41, 5.74) is 7.87. The van der Waals surface area contributed by atoms with Crippen LogP contribution < -0.4 is 11.1 Å². The van der Waals surface area contributed by atoms with Crippen LogP contribution in [0.4, 0.5) is 5.82 Å². The highest BCUT2D eigenvalue weighted by Gasteiger charge is 2.17. The Morgan fingerprint density at radius 1 is 1.50 bits per heavy atom. The fraction of sp³-hybridized carbons (Fsp3) is 0.583. The second kappa shape index (κ2) is 4.70. The number of rotatable bonds is 2. The number of anilines is 1. The van der Waals surface area contributed by atoms with Gasteiger partial charge in [0.1, 0.15) is 5.82 Å². The number of nitrogens with one attached hydrogen (secondary N) is 2. The monoisotopic (exact) mass is 220 g/mol. The zero-order chi connectivity index (χ0) is 11.5. The van der Waals surface area contributed by atoms with Gasteiger partial charge in [0.25, 0.3) is 0 Å². The molecule has 2 heterocycles. The zero-order valence-corrected chi connectivity index (χ0v) is 9.96. The zero-order valence-electron chi connectivity index (χ0n) is 9.96. The summed E-state index contributed by atoms with van der Waals surface area (Å²) in [4.78, 5) is 7.70. The van der Waals surface area contributed by atoms with Crippen LogP contribution in [0.1, 0.15) is 32.3 Å². The van der Waals surface area contributed by atoms with E-state index in [-0.39, 0.29) is 0 Å². The van der Waals surface area contributed by atoms with Crippen LogP contribution in [0.25, 0.3) is 0 Å². The van der Waals surface area contributed by atoms with Crippen molar-refractivity contribution in [3.05, 3.63) is 17.8 Å². The smallest absolute Gasteiger partial charge is 0.109 e. The Morgan fingerprint density at radius 3 is 2.88 bits per heavy atom. The molecule has 0 amide bonds. The summed E-state index contributed by atoms with van der Waals surface area (Å²) in [5, 5.41) is 3.45. The maximum Gasteiger partial charge on any atom is 0.109 e. The summed E-state index contributed by atoms with van der Waals surface area (Å²) < 4.78 is 0. The number of hydrogen-bond acceptors (Lipinski definition) is 3. The minimum absolute atomic E-state index is 0.394. The van der Waals surface area contributed by atoms with Gasteiger partial charge in [-0.2, -0.15) is 0 Å². The van der Waals surface area contributed by atoms with Crippen molar-refractivity contribution >= 4 is 11.5 Å². The first-order valence-electron chi connectivity index (χ1n) is 5.88. The van der Waals surface area contributed by atoms with Gasteiger partial charge in [-0.05, 0) is 32.8 Å². The van der Waals surface area contributed by atoms with Crippen molar-refractivity contribution < 1.29 is 0 Å². The van der Waals surface area contributed by atoms with Crippen molar-refractivity contribution in [1.29, 1.82) is 0 Å². The lowest BCUT2D eigenvalue weighted by Gasteiger charge is -2.25. The summed E-state index contributed by atoms with van der Waals surface area (Å²) in [6.45, 7) is 5.22. The molecule has 1 aromatic rings. The molecule has 2 rings (SSSR count). The first-order valence-corrected chi connectivity index (χ1v) is 5.88.